The summed E-state index contributed by atoms with van der Waals surface area (Å²) in [6.45, 7) is 4.15. The zero-order chi connectivity index (χ0) is 23.8. The summed E-state index contributed by atoms with van der Waals surface area (Å²) < 4.78 is 2.05. The summed E-state index contributed by atoms with van der Waals surface area (Å²) in [5.74, 6) is 0. The maximum Gasteiger partial charge on any atom is 0.269 e. The van der Waals surface area contributed by atoms with Gasteiger partial charge in [-0.1, -0.05) is 12.1 Å². The fourth-order valence-corrected chi connectivity index (χ4v) is 4.97. The summed E-state index contributed by atoms with van der Waals surface area (Å²) in [6.07, 6.45) is 3.75. The molecule has 5 rings (SSSR count). The van der Waals surface area contributed by atoms with E-state index in [1.807, 2.05) is 30.5 Å². The number of nitrogens with one attached hydrogen (secondary N) is 1. The van der Waals surface area contributed by atoms with Crippen LogP contribution in [-0.2, 0) is 0 Å². The molecule has 8 heteroatoms. The van der Waals surface area contributed by atoms with Crippen molar-refractivity contribution in [3.8, 4) is 5.69 Å². The molecular weight excluding hydrogens is 446 g/mol. The van der Waals surface area contributed by atoms with Crippen molar-refractivity contribution < 1.29 is 4.92 Å². The third-order valence-electron chi connectivity index (χ3n) is 6.00. The number of aryl methyl sites for hydroxylation is 2. The highest BCUT2D eigenvalue weighted by Crippen LogP contribution is 2.42. The van der Waals surface area contributed by atoms with E-state index in [1.54, 1.807) is 18.3 Å². The van der Waals surface area contributed by atoms with Gasteiger partial charge in [0, 0.05) is 41.6 Å². The monoisotopic (exact) mass is 469 g/mol. The first-order chi connectivity index (χ1) is 16.4. The van der Waals surface area contributed by atoms with Crippen molar-refractivity contribution in [3.63, 3.8) is 0 Å². The van der Waals surface area contributed by atoms with Gasteiger partial charge in [0.15, 0.2) is 5.11 Å². The molecule has 0 bridgehead atoms. The molecule has 1 fully saturated rings. The van der Waals surface area contributed by atoms with Gasteiger partial charge < -0.3 is 14.8 Å². The quantitative estimate of drug-likeness (QED) is 0.234. The summed E-state index contributed by atoms with van der Waals surface area (Å²) in [4.78, 5) is 17.5. The highest BCUT2D eigenvalue weighted by molar-refractivity contribution is 7.80. The van der Waals surface area contributed by atoms with Gasteiger partial charge in [-0.2, -0.15) is 0 Å². The SMILES string of the molecule is Cc1cc(C)cc(N2C(=S)N[C@@H](c3ccccn3)[C@@H]2c2cccn2-c2ccc([N+](=O)[O-])cc2)c1. The van der Waals surface area contributed by atoms with Crippen LogP contribution in [0, 0.1) is 24.0 Å². The molecule has 2 atom stereocenters. The Morgan fingerprint density at radius 3 is 2.35 bits per heavy atom. The van der Waals surface area contributed by atoms with Crippen molar-refractivity contribution in [1.82, 2.24) is 14.9 Å². The zero-order valence-corrected chi connectivity index (χ0v) is 19.6. The van der Waals surface area contributed by atoms with Crippen LogP contribution in [-0.4, -0.2) is 19.6 Å². The van der Waals surface area contributed by atoms with Gasteiger partial charge in [0.25, 0.3) is 5.69 Å². The molecule has 0 radical (unpaired) electrons. The number of thiocarbonyl (C=S) groups is 1. The number of benzene rings is 2. The smallest absolute Gasteiger partial charge is 0.269 e. The van der Waals surface area contributed by atoms with E-state index < -0.39 is 4.92 Å². The Kier molecular flexibility index (Phi) is 5.59. The lowest BCUT2D eigenvalue weighted by Gasteiger charge is -2.29. The van der Waals surface area contributed by atoms with E-state index in [9.17, 15) is 10.1 Å². The largest absolute Gasteiger partial charge is 0.351 e. The Labute approximate surface area is 202 Å². The molecule has 0 aliphatic carbocycles. The van der Waals surface area contributed by atoms with Crippen LogP contribution >= 0.6 is 12.2 Å². The molecule has 4 aromatic rings. The lowest BCUT2D eigenvalue weighted by Crippen LogP contribution is -2.30. The number of anilines is 1. The number of aromatic nitrogens is 2. The molecule has 0 spiro atoms. The third kappa shape index (κ3) is 3.92. The van der Waals surface area contributed by atoms with Crippen LogP contribution in [0.4, 0.5) is 11.4 Å². The van der Waals surface area contributed by atoms with Gasteiger partial charge >= 0.3 is 0 Å². The molecule has 0 saturated carbocycles. The van der Waals surface area contributed by atoms with Crippen LogP contribution in [0.1, 0.15) is 34.6 Å². The molecule has 0 unspecified atom stereocenters. The van der Waals surface area contributed by atoms with E-state index >= 15 is 0 Å². The lowest BCUT2D eigenvalue weighted by molar-refractivity contribution is -0.384. The third-order valence-corrected chi connectivity index (χ3v) is 6.32. The van der Waals surface area contributed by atoms with Gasteiger partial charge in [-0.05, 0) is 85.7 Å². The average molecular weight is 470 g/mol. The van der Waals surface area contributed by atoms with Gasteiger partial charge in [-0.15, -0.1) is 0 Å². The normalized spacial score (nSPS) is 17.6. The van der Waals surface area contributed by atoms with Gasteiger partial charge in [0.05, 0.1) is 16.7 Å². The first-order valence-corrected chi connectivity index (χ1v) is 11.3. The number of nitro groups is 1. The topological polar surface area (TPSA) is 76.2 Å². The number of pyridine rings is 1. The molecule has 1 N–H and O–H groups in total. The van der Waals surface area contributed by atoms with Crippen LogP contribution in [0.2, 0.25) is 0 Å². The maximum absolute atomic E-state index is 11.1. The summed E-state index contributed by atoms with van der Waals surface area (Å²) in [6, 6.07) is 22.5. The van der Waals surface area contributed by atoms with Gasteiger partial charge in [0.1, 0.15) is 6.04 Å². The van der Waals surface area contributed by atoms with Crippen molar-refractivity contribution in [2.75, 3.05) is 4.90 Å². The fourth-order valence-electron chi connectivity index (χ4n) is 4.63. The van der Waals surface area contributed by atoms with Crippen LogP contribution in [0.5, 0.6) is 0 Å². The zero-order valence-electron chi connectivity index (χ0n) is 18.8. The number of hydrogen-bond donors (Lipinski definition) is 1. The first kappa shape index (κ1) is 21.8. The number of nitro benzene ring substituents is 1. The van der Waals surface area contributed by atoms with Crippen molar-refractivity contribution in [2.45, 2.75) is 25.9 Å². The Hall–Kier alpha value is -4.04. The highest BCUT2D eigenvalue weighted by atomic mass is 32.1. The second kappa shape index (κ2) is 8.72. The molecule has 2 aromatic carbocycles. The van der Waals surface area contributed by atoms with Crippen LogP contribution in [0.3, 0.4) is 0 Å². The maximum atomic E-state index is 11.1. The van der Waals surface area contributed by atoms with Gasteiger partial charge in [-0.25, -0.2) is 0 Å². The minimum absolute atomic E-state index is 0.0596. The van der Waals surface area contributed by atoms with Crippen LogP contribution in [0.25, 0.3) is 5.69 Å². The Morgan fingerprint density at radius 1 is 0.971 bits per heavy atom. The van der Waals surface area contributed by atoms with Crippen LogP contribution in [0.15, 0.2) is 85.2 Å². The van der Waals surface area contributed by atoms with E-state index in [2.05, 4.69) is 57.9 Å². The fraction of sp³-hybridized carbons (Fsp3) is 0.154. The molecule has 1 aliphatic heterocycles. The van der Waals surface area contributed by atoms with Gasteiger partial charge in [0.2, 0.25) is 0 Å². The van der Waals surface area contributed by atoms with E-state index in [-0.39, 0.29) is 17.8 Å². The van der Waals surface area contributed by atoms with Crippen molar-refractivity contribution >= 4 is 28.7 Å². The Balaban J connectivity index is 1.66. The summed E-state index contributed by atoms with van der Waals surface area (Å²) in [5.41, 5.74) is 6.10. The van der Waals surface area contributed by atoms with Crippen molar-refractivity contribution in [2.24, 2.45) is 0 Å². The highest BCUT2D eigenvalue weighted by Gasteiger charge is 2.42. The Bertz CT molecular complexity index is 1350. The predicted molar refractivity (Wildman–Crippen MR) is 136 cm³/mol. The molecule has 170 valence electrons. The second-order valence-electron chi connectivity index (χ2n) is 8.42. The molecule has 34 heavy (non-hydrogen) atoms. The molecule has 0 amide bonds. The number of hydrogen-bond acceptors (Lipinski definition) is 4. The lowest BCUT2D eigenvalue weighted by atomic mass is 10.00. The molecular formula is C26H23N5O2S. The van der Waals surface area contributed by atoms with Crippen LogP contribution < -0.4 is 10.2 Å². The molecule has 7 nitrogen and oxygen atoms in total. The molecule has 1 aliphatic rings. The predicted octanol–water partition coefficient (Wildman–Crippen LogP) is 5.57. The Morgan fingerprint density at radius 2 is 1.71 bits per heavy atom. The summed E-state index contributed by atoms with van der Waals surface area (Å²) in [5, 5.41) is 15.2. The molecule has 3 heterocycles. The summed E-state index contributed by atoms with van der Waals surface area (Å²) in [7, 11) is 0. The first-order valence-electron chi connectivity index (χ1n) is 10.9. The summed E-state index contributed by atoms with van der Waals surface area (Å²) >= 11 is 5.85. The second-order valence-corrected chi connectivity index (χ2v) is 8.81. The van der Waals surface area contributed by atoms with E-state index in [0.717, 1.165) is 33.9 Å². The standard InChI is InChI=1S/C26H23N5O2S/c1-17-14-18(2)16-21(15-17)30-25(24(28-26(30)34)22-6-3-4-12-27-22)23-7-5-13-29(23)19-8-10-20(11-9-19)31(32)33/h3-16,24-25H,1-2H3,(H,28,34)/t24-,25-/m0/s1. The molecule has 1 saturated heterocycles. The van der Waals surface area contributed by atoms with Crippen molar-refractivity contribution in [3.05, 3.63) is 118 Å². The van der Waals surface area contributed by atoms with E-state index in [0.29, 0.717) is 5.11 Å². The van der Waals surface area contributed by atoms with Gasteiger partial charge in [-0.3, -0.25) is 15.1 Å². The minimum Gasteiger partial charge on any atom is -0.351 e. The molecule has 2 aromatic heterocycles. The van der Waals surface area contributed by atoms with E-state index in [1.165, 1.54) is 12.1 Å². The van der Waals surface area contributed by atoms with E-state index in [4.69, 9.17) is 12.2 Å². The average Bonchev–Trinajstić information content (AvgIpc) is 3.43. The van der Waals surface area contributed by atoms with Crippen molar-refractivity contribution in [1.29, 1.82) is 0 Å². The minimum atomic E-state index is -0.390. The number of rotatable bonds is 5. The number of nitrogens with zero attached hydrogens (tertiary/aromatic N) is 4. The number of non-ortho nitro benzene ring substituents is 1.